The van der Waals surface area contributed by atoms with Crippen LogP contribution in [0.5, 0.6) is 0 Å². The van der Waals surface area contributed by atoms with Gasteiger partial charge in [0.15, 0.2) is 0 Å². The van der Waals surface area contributed by atoms with Gasteiger partial charge in [0.25, 0.3) is 0 Å². The van der Waals surface area contributed by atoms with Gasteiger partial charge in [0.2, 0.25) is 0 Å². The summed E-state index contributed by atoms with van der Waals surface area (Å²) in [6, 6.07) is 24.6. The summed E-state index contributed by atoms with van der Waals surface area (Å²) in [6.45, 7) is 30.4. The van der Waals surface area contributed by atoms with E-state index in [1.54, 1.807) is 0 Å². The molecule has 0 aliphatic heterocycles. The first-order valence-electron chi connectivity index (χ1n) is 16.6. The van der Waals surface area contributed by atoms with Gasteiger partial charge in [0.1, 0.15) is 6.10 Å². The van der Waals surface area contributed by atoms with E-state index in [0.717, 1.165) is 24.0 Å². The maximum absolute atomic E-state index is 12.6. The van der Waals surface area contributed by atoms with E-state index in [0.29, 0.717) is 0 Å². The Morgan fingerprint density at radius 3 is 1.55 bits per heavy atom. The van der Waals surface area contributed by atoms with Crippen molar-refractivity contribution in [1.29, 1.82) is 0 Å². The number of hydrogen-bond acceptors (Lipinski definition) is 1. The molecule has 3 aromatic carbocycles. The quantitative estimate of drug-likeness (QED) is 0.161. The zero-order valence-electron chi connectivity index (χ0n) is 32.3. The molecule has 3 unspecified atom stereocenters. The van der Waals surface area contributed by atoms with Gasteiger partial charge in [0, 0.05) is 47.6 Å². The minimum absolute atomic E-state index is 0. The maximum Gasteiger partial charge on any atom is 0.103 e. The van der Waals surface area contributed by atoms with Crippen LogP contribution in [0.2, 0.25) is 0 Å². The van der Waals surface area contributed by atoms with Gasteiger partial charge in [-0.25, -0.2) is 0 Å². The van der Waals surface area contributed by atoms with E-state index in [2.05, 4.69) is 167 Å². The molecule has 1 aromatic heterocycles. The van der Waals surface area contributed by atoms with Crippen LogP contribution in [-0.4, -0.2) is 15.8 Å². The molecule has 1 aliphatic rings. The molecule has 0 fully saturated rings. The molecular weight excluding hydrogens is 737 g/mol. The first kappa shape index (κ1) is 41.2. The second kappa shape index (κ2) is 13.4. The number of aromatic nitrogens is 1. The number of rotatable bonds is 4. The van der Waals surface area contributed by atoms with E-state index in [1.807, 2.05) is 0 Å². The topological polar surface area (TPSA) is 25.2 Å². The molecule has 2 nitrogen and oxygen atoms in total. The van der Waals surface area contributed by atoms with Crippen molar-refractivity contribution in [1.82, 2.24) is 4.57 Å². The Bertz CT molecular complexity index is 1650. The Morgan fingerprint density at radius 1 is 0.702 bits per heavy atom. The van der Waals surface area contributed by atoms with Gasteiger partial charge in [0.05, 0.1) is 5.54 Å². The molecular formula is C44H63HfNO-2. The summed E-state index contributed by atoms with van der Waals surface area (Å²) in [6.07, 6.45) is 3.68. The first-order chi connectivity index (χ1) is 20.1. The number of nitrogens with zero attached hydrogens (tertiary/aromatic N) is 1. The Labute approximate surface area is 307 Å². The van der Waals surface area contributed by atoms with E-state index in [9.17, 15) is 5.11 Å². The minimum Gasteiger partial charge on any atom is -0.386 e. The molecule has 0 saturated heterocycles. The fourth-order valence-corrected chi connectivity index (χ4v) is 8.19. The Kier molecular flexibility index (Phi) is 11.7. The summed E-state index contributed by atoms with van der Waals surface area (Å²) in [7, 11) is 0. The summed E-state index contributed by atoms with van der Waals surface area (Å²) in [5.74, 6) is 0. The summed E-state index contributed by atoms with van der Waals surface area (Å²) in [5.41, 5.74) is 6.71. The average Bonchev–Trinajstić information content (AvgIpc) is 3.23. The van der Waals surface area contributed by atoms with Crippen LogP contribution < -0.4 is 0 Å². The number of hydrogen-bond donors (Lipinski definition) is 1. The largest absolute Gasteiger partial charge is 0.386 e. The fourth-order valence-electron chi connectivity index (χ4n) is 8.19. The van der Waals surface area contributed by atoms with Gasteiger partial charge < -0.3 is 24.5 Å². The van der Waals surface area contributed by atoms with Crippen molar-refractivity contribution in [2.75, 3.05) is 0 Å². The molecule has 3 atom stereocenters. The third-order valence-electron chi connectivity index (χ3n) is 10.7. The molecule has 3 heteroatoms. The van der Waals surface area contributed by atoms with E-state index in [-0.39, 0.29) is 67.8 Å². The molecule has 1 heterocycles. The van der Waals surface area contributed by atoms with Crippen LogP contribution >= 0.6 is 0 Å². The second-order valence-electron chi connectivity index (χ2n) is 18.2. The van der Waals surface area contributed by atoms with Gasteiger partial charge in [-0.05, 0) is 93.4 Å². The maximum atomic E-state index is 12.6. The van der Waals surface area contributed by atoms with Crippen molar-refractivity contribution in [3.63, 3.8) is 0 Å². The van der Waals surface area contributed by atoms with E-state index in [1.165, 1.54) is 32.9 Å². The van der Waals surface area contributed by atoms with Crippen molar-refractivity contribution in [3.05, 3.63) is 104 Å². The predicted molar refractivity (Wildman–Crippen MR) is 204 cm³/mol. The summed E-state index contributed by atoms with van der Waals surface area (Å²) >= 11 is 0. The molecule has 0 radical (unpaired) electrons. The minimum atomic E-state index is -0.674. The molecule has 256 valence electrons. The molecule has 1 aliphatic carbocycles. The van der Waals surface area contributed by atoms with E-state index >= 15 is 0 Å². The van der Waals surface area contributed by atoms with Crippen LogP contribution in [0.3, 0.4) is 0 Å². The molecule has 47 heavy (non-hydrogen) atoms. The molecule has 4 aromatic rings. The van der Waals surface area contributed by atoms with Crippen LogP contribution in [0.15, 0.2) is 72.8 Å². The zero-order chi connectivity index (χ0) is 32.7. The van der Waals surface area contributed by atoms with Gasteiger partial charge in [-0.3, -0.25) is 0 Å². The van der Waals surface area contributed by atoms with Crippen molar-refractivity contribution < 1.29 is 30.9 Å². The number of fused-ring (bicyclic) bond motifs is 3. The summed E-state index contributed by atoms with van der Waals surface area (Å²) in [5, 5.41) is 15.2. The van der Waals surface area contributed by atoms with Crippen LogP contribution in [0.1, 0.15) is 120 Å². The van der Waals surface area contributed by atoms with Gasteiger partial charge in [-0.15, -0.1) is 0 Å². The smallest absolute Gasteiger partial charge is 0.103 e. The molecule has 0 spiro atoms. The number of allylic oxidation sites excluding steroid dienone is 1. The Balaban J connectivity index is 0.00000256. The van der Waals surface area contributed by atoms with Crippen LogP contribution in [0.4, 0.5) is 0 Å². The van der Waals surface area contributed by atoms with E-state index in [4.69, 9.17) is 0 Å². The fraction of sp³-hybridized carbons (Fsp3) is 0.500. The Hall–Kier alpha value is -1.97. The average molecular weight is 800 g/mol. The van der Waals surface area contributed by atoms with Crippen molar-refractivity contribution in [2.45, 2.75) is 125 Å². The van der Waals surface area contributed by atoms with Crippen LogP contribution in [-0.2, 0) is 42.2 Å². The van der Waals surface area contributed by atoms with Crippen molar-refractivity contribution in [3.8, 4) is 0 Å². The monoisotopic (exact) mass is 801 g/mol. The van der Waals surface area contributed by atoms with Gasteiger partial charge in [-0.2, -0.15) is 0 Å². The third-order valence-corrected chi connectivity index (χ3v) is 10.7. The first-order valence-corrected chi connectivity index (χ1v) is 16.6. The SMILES string of the molecule is CC(C)(C)CC(C)(C)C1(C)C=C(c2ccccc2)C(O)C(C)(n2c3ccc(C(C)(C)C)cc3c3cc(C(C)(C)C)ccc32)C1.[CH3-].[CH3-].[Hf]. The summed E-state index contributed by atoms with van der Waals surface area (Å²) < 4.78 is 2.52. The molecule has 0 amide bonds. The van der Waals surface area contributed by atoms with Crippen molar-refractivity contribution in [2.24, 2.45) is 16.2 Å². The molecule has 0 saturated carbocycles. The molecule has 0 bridgehead atoms. The number of aliphatic hydroxyl groups excluding tert-OH is 1. The van der Waals surface area contributed by atoms with Crippen molar-refractivity contribution >= 4 is 27.4 Å². The van der Waals surface area contributed by atoms with Gasteiger partial charge in [-0.1, -0.05) is 132 Å². The number of aliphatic hydroxyl groups is 1. The molecule has 1 N–H and O–H groups in total. The molecule has 5 rings (SSSR count). The van der Waals surface area contributed by atoms with E-state index < -0.39 is 11.6 Å². The van der Waals surface area contributed by atoms with Crippen LogP contribution in [0.25, 0.3) is 27.4 Å². The Morgan fingerprint density at radius 2 is 1.15 bits per heavy atom. The predicted octanol–water partition coefficient (Wildman–Crippen LogP) is 12.3. The zero-order valence-corrected chi connectivity index (χ0v) is 35.9. The standard InChI is InChI=1S/C42H57NO.2CH3.Hf/c1-37(2,3)26-40(10,11)41(12)25-33(28-17-15-14-16-18-28)36(44)42(13,27-41)43-34-21-19-29(38(4,5)6)23-31(34)32-24-30(39(7,8)9)20-22-35(32)43;;;/h14-25,36,44H,26-27H2,1-13H3;2*1H3;/q;2*-1;. The second-order valence-corrected chi connectivity index (χ2v) is 18.2. The normalized spacial score (nSPS) is 22.3. The third kappa shape index (κ3) is 7.47. The summed E-state index contributed by atoms with van der Waals surface area (Å²) in [4.78, 5) is 0. The van der Waals surface area contributed by atoms with Gasteiger partial charge >= 0.3 is 0 Å². The van der Waals surface area contributed by atoms with Crippen LogP contribution in [0, 0.1) is 31.1 Å². The number of benzene rings is 3.